The van der Waals surface area contributed by atoms with E-state index < -0.39 is 11.7 Å². The Balaban J connectivity index is 1.75. The van der Waals surface area contributed by atoms with Gasteiger partial charge in [-0.15, -0.1) is 0 Å². The molecule has 0 radical (unpaired) electrons. The summed E-state index contributed by atoms with van der Waals surface area (Å²) in [7, 11) is 0. The molecule has 0 saturated heterocycles. The van der Waals surface area contributed by atoms with Gasteiger partial charge in [0.1, 0.15) is 17.5 Å². The number of ether oxygens (including phenoxy) is 1. The predicted octanol–water partition coefficient (Wildman–Crippen LogP) is 4.05. The lowest BCUT2D eigenvalue weighted by Crippen LogP contribution is -2.52. The summed E-state index contributed by atoms with van der Waals surface area (Å²) in [6.45, 7) is 6.67. The van der Waals surface area contributed by atoms with Crippen LogP contribution in [0.4, 0.5) is 0 Å². The lowest BCUT2D eigenvalue weighted by molar-refractivity contribution is -0.0644. The van der Waals surface area contributed by atoms with E-state index in [0.717, 1.165) is 34.9 Å². The van der Waals surface area contributed by atoms with Crippen LogP contribution < -0.4 is 10.1 Å². The van der Waals surface area contributed by atoms with E-state index in [1.54, 1.807) is 0 Å². The van der Waals surface area contributed by atoms with Crippen LogP contribution in [0.5, 0.6) is 5.75 Å². The first-order chi connectivity index (χ1) is 11.4. The molecule has 2 unspecified atom stereocenters. The summed E-state index contributed by atoms with van der Waals surface area (Å²) in [6, 6.07) is 13.9. The van der Waals surface area contributed by atoms with Crippen molar-refractivity contribution in [2.24, 2.45) is 0 Å². The van der Waals surface area contributed by atoms with Gasteiger partial charge < -0.3 is 15.2 Å². The summed E-state index contributed by atoms with van der Waals surface area (Å²) in [4.78, 5) is 0. The number of aliphatic hydroxyl groups excluding tert-OH is 1. The van der Waals surface area contributed by atoms with Gasteiger partial charge in [-0.25, -0.2) is 0 Å². The number of rotatable bonds is 4. The molecule has 1 heterocycles. The zero-order valence-corrected chi connectivity index (χ0v) is 15.1. The number of halogens is 1. The van der Waals surface area contributed by atoms with Gasteiger partial charge in [-0.2, -0.15) is 0 Å². The molecule has 4 heteroatoms. The minimum atomic E-state index is -0.625. The molecule has 3 nitrogen and oxygen atoms in total. The predicted molar refractivity (Wildman–Crippen MR) is 97.8 cm³/mol. The van der Waals surface area contributed by atoms with Gasteiger partial charge in [-0.3, -0.25) is 0 Å². The van der Waals surface area contributed by atoms with E-state index in [-0.39, 0.29) is 6.04 Å². The minimum absolute atomic E-state index is 0.143. The lowest BCUT2D eigenvalue weighted by Gasteiger charge is -2.42. The maximum absolute atomic E-state index is 10.8. The van der Waals surface area contributed by atoms with E-state index in [9.17, 15) is 5.11 Å². The van der Waals surface area contributed by atoms with Gasteiger partial charge in [-0.1, -0.05) is 41.4 Å². The summed E-state index contributed by atoms with van der Waals surface area (Å²) in [5.41, 5.74) is 2.78. The van der Waals surface area contributed by atoms with Crippen molar-refractivity contribution in [2.45, 2.75) is 44.9 Å². The van der Waals surface area contributed by atoms with Gasteiger partial charge in [0.15, 0.2) is 0 Å². The molecule has 0 spiro atoms. The SMILES string of the molecule is Cc1ccc2c(c1)C(NCCc1ccc(Cl)cc1)C(O)C(C)(C)O2. The molecule has 0 aromatic heterocycles. The number of aryl methyl sites for hydroxylation is 1. The molecule has 0 saturated carbocycles. The number of fused-ring (bicyclic) bond motifs is 1. The lowest BCUT2D eigenvalue weighted by atomic mass is 9.86. The molecule has 24 heavy (non-hydrogen) atoms. The average Bonchev–Trinajstić information content (AvgIpc) is 2.53. The Hall–Kier alpha value is -1.55. The molecule has 2 aromatic rings. The molecule has 2 aromatic carbocycles. The van der Waals surface area contributed by atoms with Gasteiger partial charge in [-0.05, 0) is 57.5 Å². The van der Waals surface area contributed by atoms with Crippen LogP contribution in [0.3, 0.4) is 0 Å². The van der Waals surface area contributed by atoms with Crippen molar-refractivity contribution in [3.63, 3.8) is 0 Å². The average molecular weight is 346 g/mol. The van der Waals surface area contributed by atoms with Gasteiger partial charge in [0.2, 0.25) is 0 Å². The first-order valence-corrected chi connectivity index (χ1v) is 8.70. The van der Waals surface area contributed by atoms with E-state index in [4.69, 9.17) is 16.3 Å². The highest BCUT2D eigenvalue weighted by molar-refractivity contribution is 6.30. The fourth-order valence-electron chi connectivity index (χ4n) is 3.16. The minimum Gasteiger partial charge on any atom is -0.485 e. The van der Waals surface area contributed by atoms with E-state index >= 15 is 0 Å². The fourth-order valence-corrected chi connectivity index (χ4v) is 3.29. The van der Waals surface area contributed by atoms with Crippen LogP contribution in [0.15, 0.2) is 42.5 Å². The smallest absolute Gasteiger partial charge is 0.131 e. The summed E-state index contributed by atoms with van der Waals surface area (Å²) >= 11 is 5.93. The second-order valence-electron chi connectivity index (χ2n) is 7.00. The van der Waals surface area contributed by atoms with Crippen LogP contribution in [-0.2, 0) is 6.42 Å². The molecule has 2 N–H and O–H groups in total. The van der Waals surface area contributed by atoms with Crippen LogP contribution >= 0.6 is 11.6 Å². The summed E-state index contributed by atoms with van der Waals surface area (Å²) in [6.07, 6.45) is 0.264. The molecule has 1 aliphatic heterocycles. The normalized spacial score (nSPS) is 21.9. The number of aliphatic hydroxyl groups is 1. The maximum atomic E-state index is 10.8. The van der Waals surface area contributed by atoms with Crippen LogP contribution in [-0.4, -0.2) is 23.4 Å². The topological polar surface area (TPSA) is 41.5 Å². The molecule has 3 rings (SSSR count). The molecular weight excluding hydrogens is 322 g/mol. The highest BCUT2D eigenvalue weighted by atomic mass is 35.5. The van der Waals surface area contributed by atoms with Crippen molar-refractivity contribution < 1.29 is 9.84 Å². The first-order valence-electron chi connectivity index (χ1n) is 8.32. The van der Waals surface area contributed by atoms with Crippen LogP contribution in [0.2, 0.25) is 5.02 Å². The van der Waals surface area contributed by atoms with Gasteiger partial charge in [0.25, 0.3) is 0 Å². The van der Waals surface area contributed by atoms with Crippen molar-refractivity contribution in [2.75, 3.05) is 6.54 Å². The Labute approximate surface area is 148 Å². The third kappa shape index (κ3) is 3.59. The van der Waals surface area contributed by atoms with E-state index in [2.05, 4.69) is 18.3 Å². The first kappa shape index (κ1) is 17.3. The molecule has 2 atom stereocenters. The van der Waals surface area contributed by atoms with E-state index in [1.807, 2.05) is 50.2 Å². The number of hydrogen-bond acceptors (Lipinski definition) is 3. The van der Waals surface area contributed by atoms with Crippen molar-refractivity contribution >= 4 is 11.6 Å². The van der Waals surface area contributed by atoms with Crippen LogP contribution in [0, 0.1) is 6.92 Å². The summed E-state index contributed by atoms with van der Waals surface area (Å²) in [5, 5.41) is 15.0. The van der Waals surface area contributed by atoms with E-state index in [0.29, 0.717) is 0 Å². The Bertz CT molecular complexity index is 712. The van der Waals surface area contributed by atoms with Gasteiger partial charge >= 0.3 is 0 Å². The quantitative estimate of drug-likeness (QED) is 0.878. The van der Waals surface area contributed by atoms with Crippen molar-refractivity contribution in [1.29, 1.82) is 0 Å². The summed E-state index contributed by atoms with van der Waals surface area (Å²) in [5.74, 6) is 0.847. The number of nitrogens with one attached hydrogen (secondary N) is 1. The zero-order chi connectivity index (χ0) is 17.3. The van der Waals surface area contributed by atoms with Crippen molar-refractivity contribution in [3.8, 4) is 5.75 Å². The molecule has 1 aliphatic rings. The second kappa shape index (κ2) is 6.75. The monoisotopic (exact) mass is 345 g/mol. The van der Waals surface area contributed by atoms with Crippen LogP contribution in [0.25, 0.3) is 0 Å². The molecule has 0 bridgehead atoms. The molecule has 128 valence electrons. The van der Waals surface area contributed by atoms with Gasteiger partial charge in [0, 0.05) is 10.6 Å². The van der Waals surface area contributed by atoms with Crippen molar-refractivity contribution in [1.82, 2.24) is 5.32 Å². The highest BCUT2D eigenvalue weighted by Gasteiger charge is 2.42. The number of hydrogen-bond donors (Lipinski definition) is 2. The Kier molecular flexibility index (Phi) is 4.86. The summed E-state index contributed by atoms with van der Waals surface area (Å²) < 4.78 is 5.99. The zero-order valence-electron chi connectivity index (χ0n) is 14.3. The molecule has 0 aliphatic carbocycles. The largest absolute Gasteiger partial charge is 0.485 e. The Morgan fingerprint density at radius 1 is 1.17 bits per heavy atom. The Morgan fingerprint density at radius 2 is 1.88 bits per heavy atom. The third-order valence-electron chi connectivity index (χ3n) is 4.59. The number of benzene rings is 2. The highest BCUT2D eigenvalue weighted by Crippen LogP contribution is 2.40. The molecule has 0 fully saturated rings. The fraction of sp³-hybridized carbons (Fsp3) is 0.400. The third-order valence-corrected chi connectivity index (χ3v) is 4.84. The van der Waals surface area contributed by atoms with Crippen molar-refractivity contribution in [3.05, 3.63) is 64.2 Å². The second-order valence-corrected chi connectivity index (χ2v) is 7.44. The standard InChI is InChI=1S/C20H24ClNO2/c1-13-4-9-17-16(12-13)18(19(23)20(2,3)24-17)22-11-10-14-5-7-15(21)8-6-14/h4-9,12,18-19,22-23H,10-11H2,1-3H3. The molecular formula is C20H24ClNO2. The van der Waals surface area contributed by atoms with Crippen LogP contribution in [0.1, 0.15) is 36.6 Å². The Morgan fingerprint density at radius 3 is 2.58 bits per heavy atom. The van der Waals surface area contributed by atoms with E-state index in [1.165, 1.54) is 5.56 Å². The molecule has 0 amide bonds. The maximum Gasteiger partial charge on any atom is 0.131 e. The van der Waals surface area contributed by atoms with Gasteiger partial charge in [0.05, 0.1) is 6.04 Å².